The van der Waals surface area contributed by atoms with Crippen molar-refractivity contribution in [2.24, 2.45) is 0 Å². The SMILES string of the molecule is CCOc1ccccc1C(=O)Nc1ccc(S(=O)(=O)N2C[C@H](C)O[C@@H](C)C2)cc1. The summed E-state index contributed by atoms with van der Waals surface area (Å²) in [6.07, 6.45) is -0.310. The van der Waals surface area contributed by atoms with Gasteiger partial charge >= 0.3 is 0 Å². The molecule has 2 aromatic rings. The highest BCUT2D eigenvalue weighted by Crippen LogP contribution is 2.24. The van der Waals surface area contributed by atoms with Gasteiger partial charge in [0.05, 0.1) is 29.3 Å². The van der Waals surface area contributed by atoms with E-state index in [1.807, 2.05) is 20.8 Å². The van der Waals surface area contributed by atoms with Gasteiger partial charge in [0.25, 0.3) is 5.91 Å². The van der Waals surface area contributed by atoms with Crippen LogP contribution in [0.2, 0.25) is 0 Å². The molecule has 1 saturated heterocycles. The Morgan fingerprint density at radius 2 is 1.72 bits per heavy atom. The molecular weight excluding hydrogens is 392 g/mol. The summed E-state index contributed by atoms with van der Waals surface area (Å²) in [6.45, 7) is 6.66. The van der Waals surface area contributed by atoms with Crippen LogP contribution in [0, 0.1) is 0 Å². The Hall–Kier alpha value is -2.42. The molecule has 3 rings (SSSR count). The second kappa shape index (κ2) is 8.94. The number of amides is 1. The molecule has 0 bridgehead atoms. The van der Waals surface area contributed by atoms with Gasteiger partial charge in [0, 0.05) is 18.8 Å². The average molecular weight is 419 g/mol. The molecule has 7 nitrogen and oxygen atoms in total. The summed E-state index contributed by atoms with van der Waals surface area (Å²) in [6, 6.07) is 13.2. The fourth-order valence-corrected chi connectivity index (χ4v) is 4.91. The third-order valence-corrected chi connectivity index (χ3v) is 6.41. The van der Waals surface area contributed by atoms with Crippen molar-refractivity contribution in [2.45, 2.75) is 37.9 Å². The minimum atomic E-state index is -3.62. The average Bonchev–Trinajstić information content (AvgIpc) is 2.68. The zero-order valence-corrected chi connectivity index (χ0v) is 17.6. The Kier molecular flexibility index (Phi) is 6.56. The molecule has 0 aromatic heterocycles. The van der Waals surface area contributed by atoms with Crippen LogP contribution in [0.1, 0.15) is 31.1 Å². The molecule has 0 spiro atoms. The molecule has 1 N–H and O–H groups in total. The van der Waals surface area contributed by atoms with E-state index in [1.165, 1.54) is 16.4 Å². The molecule has 0 saturated carbocycles. The van der Waals surface area contributed by atoms with Crippen LogP contribution in [-0.2, 0) is 14.8 Å². The number of sulfonamides is 1. The fourth-order valence-electron chi connectivity index (χ4n) is 3.32. The molecule has 1 heterocycles. The molecule has 1 amide bonds. The predicted molar refractivity (Wildman–Crippen MR) is 111 cm³/mol. The highest BCUT2D eigenvalue weighted by molar-refractivity contribution is 7.89. The predicted octanol–water partition coefficient (Wildman–Crippen LogP) is 3.14. The maximum Gasteiger partial charge on any atom is 0.259 e. The smallest absolute Gasteiger partial charge is 0.259 e. The summed E-state index contributed by atoms with van der Waals surface area (Å²) in [5.74, 6) is 0.183. The number of carbonyl (C=O) groups is 1. The Balaban J connectivity index is 1.74. The van der Waals surface area contributed by atoms with Crippen LogP contribution in [0.3, 0.4) is 0 Å². The molecular formula is C21H26N2O5S. The van der Waals surface area contributed by atoms with Crippen LogP contribution in [-0.4, -0.2) is 50.5 Å². The van der Waals surface area contributed by atoms with Crippen molar-refractivity contribution in [3.8, 4) is 5.75 Å². The number of ether oxygens (including phenoxy) is 2. The summed E-state index contributed by atoms with van der Waals surface area (Å²) in [5, 5.41) is 2.78. The summed E-state index contributed by atoms with van der Waals surface area (Å²) in [4.78, 5) is 12.8. The Morgan fingerprint density at radius 3 is 2.34 bits per heavy atom. The Bertz CT molecular complexity index is 949. The zero-order chi connectivity index (χ0) is 21.0. The highest BCUT2D eigenvalue weighted by Gasteiger charge is 2.32. The van der Waals surface area contributed by atoms with Gasteiger partial charge in [-0.15, -0.1) is 0 Å². The van der Waals surface area contributed by atoms with Crippen LogP contribution in [0.15, 0.2) is 53.4 Å². The maximum atomic E-state index is 12.9. The lowest BCUT2D eigenvalue weighted by Gasteiger charge is -2.34. The van der Waals surface area contributed by atoms with Crippen LogP contribution in [0.5, 0.6) is 5.75 Å². The van der Waals surface area contributed by atoms with Crippen LogP contribution in [0.25, 0.3) is 0 Å². The van der Waals surface area contributed by atoms with Crippen molar-refractivity contribution in [3.63, 3.8) is 0 Å². The molecule has 1 aliphatic heterocycles. The highest BCUT2D eigenvalue weighted by atomic mass is 32.2. The molecule has 156 valence electrons. The van der Waals surface area contributed by atoms with Crippen molar-refractivity contribution in [3.05, 3.63) is 54.1 Å². The van der Waals surface area contributed by atoms with Gasteiger partial charge in [0.1, 0.15) is 5.75 Å². The van der Waals surface area contributed by atoms with E-state index in [-0.39, 0.29) is 23.0 Å². The van der Waals surface area contributed by atoms with Crippen molar-refractivity contribution < 1.29 is 22.7 Å². The molecule has 8 heteroatoms. The van der Waals surface area contributed by atoms with Crippen molar-refractivity contribution in [1.82, 2.24) is 4.31 Å². The van der Waals surface area contributed by atoms with Crippen LogP contribution >= 0.6 is 0 Å². The van der Waals surface area contributed by atoms with Crippen LogP contribution in [0.4, 0.5) is 5.69 Å². The first-order valence-electron chi connectivity index (χ1n) is 9.60. The number of benzene rings is 2. The minimum absolute atomic E-state index is 0.155. The van der Waals surface area contributed by atoms with E-state index >= 15 is 0 Å². The molecule has 1 aliphatic rings. The van der Waals surface area contributed by atoms with Gasteiger partial charge < -0.3 is 14.8 Å². The summed E-state index contributed by atoms with van der Waals surface area (Å²) < 4.78 is 38.4. The molecule has 0 aliphatic carbocycles. The zero-order valence-electron chi connectivity index (χ0n) is 16.8. The minimum Gasteiger partial charge on any atom is -0.493 e. The number of nitrogens with one attached hydrogen (secondary N) is 1. The molecule has 0 unspecified atom stereocenters. The van der Waals surface area contributed by atoms with Crippen molar-refractivity contribution >= 4 is 21.6 Å². The third kappa shape index (κ3) is 4.95. The van der Waals surface area contributed by atoms with Gasteiger partial charge in [0.2, 0.25) is 10.0 Å². The van der Waals surface area contributed by atoms with E-state index < -0.39 is 10.0 Å². The molecule has 0 radical (unpaired) electrons. The van der Waals surface area contributed by atoms with Crippen molar-refractivity contribution in [1.29, 1.82) is 0 Å². The van der Waals surface area contributed by atoms with Gasteiger partial charge in [-0.25, -0.2) is 8.42 Å². The molecule has 2 atom stereocenters. The number of para-hydroxylation sites is 1. The number of rotatable bonds is 6. The summed E-state index contributed by atoms with van der Waals surface area (Å²) in [5.41, 5.74) is 0.923. The van der Waals surface area contributed by atoms with Gasteiger partial charge in [0.15, 0.2) is 0 Å². The lowest BCUT2D eigenvalue weighted by atomic mass is 10.2. The molecule has 29 heavy (non-hydrogen) atoms. The van der Waals surface area contributed by atoms with E-state index in [0.29, 0.717) is 36.7 Å². The lowest BCUT2D eigenvalue weighted by molar-refractivity contribution is -0.0440. The van der Waals surface area contributed by atoms with E-state index in [1.54, 1.807) is 36.4 Å². The number of morpholine rings is 1. The van der Waals surface area contributed by atoms with E-state index in [0.717, 1.165) is 0 Å². The first-order chi connectivity index (χ1) is 13.8. The first-order valence-corrected chi connectivity index (χ1v) is 11.0. The van der Waals surface area contributed by atoms with E-state index in [4.69, 9.17) is 9.47 Å². The summed E-state index contributed by atoms with van der Waals surface area (Å²) in [7, 11) is -3.62. The van der Waals surface area contributed by atoms with E-state index in [2.05, 4.69) is 5.32 Å². The largest absolute Gasteiger partial charge is 0.493 e. The number of nitrogens with zero attached hydrogens (tertiary/aromatic N) is 1. The van der Waals surface area contributed by atoms with Crippen LogP contribution < -0.4 is 10.1 Å². The number of anilines is 1. The topological polar surface area (TPSA) is 84.9 Å². The van der Waals surface area contributed by atoms with Gasteiger partial charge in [-0.3, -0.25) is 4.79 Å². The second-order valence-electron chi connectivity index (χ2n) is 6.99. The number of hydrogen-bond acceptors (Lipinski definition) is 5. The second-order valence-corrected chi connectivity index (χ2v) is 8.92. The first kappa shape index (κ1) is 21.3. The lowest BCUT2D eigenvalue weighted by Crippen LogP contribution is -2.48. The Morgan fingerprint density at radius 1 is 1.10 bits per heavy atom. The monoisotopic (exact) mass is 418 g/mol. The third-order valence-electron chi connectivity index (χ3n) is 4.57. The number of carbonyl (C=O) groups excluding carboxylic acids is 1. The quantitative estimate of drug-likeness (QED) is 0.779. The molecule has 1 fully saturated rings. The fraction of sp³-hybridized carbons (Fsp3) is 0.381. The van der Waals surface area contributed by atoms with Crippen molar-refractivity contribution in [2.75, 3.05) is 25.0 Å². The maximum absolute atomic E-state index is 12.9. The normalized spacial score (nSPS) is 20.2. The number of hydrogen-bond donors (Lipinski definition) is 1. The standard InChI is InChI=1S/C21H26N2O5S/c1-4-27-20-8-6-5-7-19(20)21(24)22-17-9-11-18(12-10-17)29(25,26)23-13-15(2)28-16(3)14-23/h5-12,15-16H,4,13-14H2,1-3H3,(H,22,24)/t15-,16-/m0/s1. The molecule has 2 aromatic carbocycles. The van der Waals surface area contributed by atoms with Gasteiger partial charge in [-0.1, -0.05) is 12.1 Å². The van der Waals surface area contributed by atoms with E-state index in [9.17, 15) is 13.2 Å². The van der Waals surface area contributed by atoms with Gasteiger partial charge in [-0.05, 0) is 57.2 Å². The Labute approximate surface area is 171 Å². The van der Waals surface area contributed by atoms with Gasteiger partial charge in [-0.2, -0.15) is 4.31 Å². The summed E-state index contributed by atoms with van der Waals surface area (Å²) >= 11 is 0.